The highest BCUT2D eigenvalue weighted by Crippen LogP contribution is 1.97. The van der Waals surface area contributed by atoms with E-state index in [2.05, 4.69) is 4.84 Å². The first-order valence-corrected chi connectivity index (χ1v) is 4.89. The summed E-state index contributed by atoms with van der Waals surface area (Å²) in [7, 11) is -1.82. The summed E-state index contributed by atoms with van der Waals surface area (Å²) in [5.41, 5.74) is 0. The molecule has 0 aromatic heterocycles. The summed E-state index contributed by atoms with van der Waals surface area (Å²) in [6, 6.07) is 0. The minimum atomic E-state index is -3.17. The van der Waals surface area contributed by atoms with Crippen LogP contribution in [0.4, 0.5) is 0 Å². The monoisotopic (exact) mass is 167 g/mol. The smallest absolute Gasteiger partial charge is 0.233 e. The molecule has 0 spiro atoms. The van der Waals surface area contributed by atoms with Crippen LogP contribution in [0.2, 0.25) is 0 Å². The SMILES string of the molecule is CCCN(OC)S(C)(=O)=O. The van der Waals surface area contributed by atoms with Gasteiger partial charge in [-0.2, -0.15) is 0 Å². The molecule has 0 heterocycles. The van der Waals surface area contributed by atoms with Crippen LogP contribution in [0.5, 0.6) is 0 Å². The molecule has 0 saturated heterocycles. The van der Waals surface area contributed by atoms with Crippen molar-refractivity contribution in [3.8, 4) is 0 Å². The molecule has 0 aliphatic heterocycles. The number of hydrogen-bond donors (Lipinski definition) is 0. The minimum Gasteiger partial charge on any atom is -0.288 e. The molecule has 0 aromatic rings. The van der Waals surface area contributed by atoms with Gasteiger partial charge >= 0.3 is 0 Å². The first kappa shape index (κ1) is 9.87. The van der Waals surface area contributed by atoms with Gasteiger partial charge in [0.2, 0.25) is 10.0 Å². The fraction of sp³-hybridized carbons (Fsp3) is 1.00. The number of sulfonamides is 1. The van der Waals surface area contributed by atoms with E-state index in [1.54, 1.807) is 0 Å². The van der Waals surface area contributed by atoms with E-state index in [0.29, 0.717) is 6.54 Å². The normalized spacial score (nSPS) is 12.4. The van der Waals surface area contributed by atoms with Gasteiger partial charge in [-0.05, 0) is 6.42 Å². The van der Waals surface area contributed by atoms with Gasteiger partial charge in [-0.1, -0.05) is 11.4 Å². The summed E-state index contributed by atoms with van der Waals surface area (Å²) in [4.78, 5) is 4.60. The van der Waals surface area contributed by atoms with Gasteiger partial charge in [0.25, 0.3) is 0 Å². The highest BCUT2D eigenvalue weighted by molar-refractivity contribution is 7.88. The summed E-state index contributed by atoms with van der Waals surface area (Å²) >= 11 is 0. The maximum absolute atomic E-state index is 10.8. The molecule has 0 radical (unpaired) electrons. The second kappa shape index (κ2) is 3.90. The van der Waals surface area contributed by atoms with E-state index in [1.165, 1.54) is 7.11 Å². The molecule has 0 bridgehead atoms. The zero-order chi connectivity index (χ0) is 8.20. The van der Waals surface area contributed by atoms with Gasteiger partial charge in [-0.25, -0.2) is 8.42 Å². The molecule has 0 rings (SSSR count). The number of hydrogen-bond acceptors (Lipinski definition) is 3. The third-order valence-corrected chi connectivity index (χ3v) is 2.05. The Morgan fingerprint density at radius 2 is 2.00 bits per heavy atom. The lowest BCUT2D eigenvalue weighted by molar-refractivity contribution is -0.0475. The molecule has 62 valence electrons. The first-order chi connectivity index (χ1) is 4.52. The molecule has 0 amide bonds. The Kier molecular flexibility index (Phi) is 3.85. The Bertz CT molecular complexity index is 175. The van der Waals surface area contributed by atoms with E-state index in [9.17, 15) is 8.42 Å². The second-order valence-corrected chi connectivity index (χ2v) is 3.85. The summed E-state index contributed by atoms with van der Waals surface area (Å²) in [5, 5.41) is 0. The third kappa shape index (κ3) is 3.14. The Morgan fingerprint density at radius 3 is 2.10 bits per heavy atom. The van der Waals surface area contributed by atoms with E-state index >= 15 is 0 Å². The molecule has 0 atom stereocenters. The number of nitrogens with zero attached hydrogens (tertiary/aromatic N) is 1. The molecule has 5 heteroatoms. The quantitative estimate of drug-likeness (QED) is 0.563. The van der Waals surface area contributed by atoms with Crippen LogP contribution in [0.25, 0.3) is 0 Å². The molecular formula is C5H13NO3S. The zero-order valence-electron chi connectivity index (χ0n) is 6.49. The van der Waals surface area contributed by atoms with Gasteiger partial charge in [-0.15, -0.1) is 0 Å². The van der Waals surface area contributed by atoms with Gasteiger partial charge in [-0.3, -0.25) is 4.84 Å². The molecule has 0 unspecified atom stereocenters. The van der Waals surface area contributed by atoms with Gasteiger partial charge < -0.3 is 0 Å². The lowest BCUT2D eigenvalue weighted by atomic mass is 10.5. The Balaban J connectivity index is 4.08. The third-order valence-electron chi connectivity index (χ3n) is 0.980. The van der Waals surface area contributed by atoms with Crippen molar-refractivity contribution in [2.75, 3.05) is 19.9 Å². The molecule has 0 aliphatic rings. The van der Waals surface area contributed by atoms with Crippen molar-refractivity contribution in [2.45, 2.75) is 13.3 Å². The van der Waals surface area contributed by atoms with E-state index in [1.807, 2.05) is 6.92 Å². The predicted molar refractivity (Wildman–Crippen MR) is 38.8 cm³/mol. The maximum Gasteiger partial charge on any atom is 0.233 e. The second-order valence-electron chi connectivity index (χ2n) is 1.97. The Labute approximate surface area is 61.8 Å². The Hall–Kier alpha value is -0.130. The average Bonchev–Trinajstić information content (AvgIpc) is 1.80. The summed E-state index contributed by atoms with van der Waals surface area (Å²) in [6.07, 6.45) is 1.87. The highest BCUT2D eigenvalue weighted by Gasteiger charge is 2.13. The lowest BCUT2D eigenvalue weighted by Crippen LogP contribution is -2.29. The van der Waals surface area contributed by atoms with Crippen LogP contribution in [0.1, 0.15) is 13.3 Å². The maximum atomic E-state index is 10.8. The largest absolute Gasteiger partial charge is 0.288 e. The van der Waals surface area contributed by atoms with Gasteiger partial charge in [0.05, 0.1) is 13.4 Å². The summed E-state index contributed by atoms with van der Waals surface area (Å²) < 4.78 is 22.5. The van der Waals surface area contributed by atoms with Gasteiger partial charge in [0.15, 0.2) is 0 Å². The van der Waals surface area contributed by atoms with E-state index in [4.69, 9.17) is 0 Å². The molecule has 0 saturated carbocycles. The van der Waals surface area contributed by atoms with Crippen LogP contribution in [0.15, 0.2) is 0 Å². The molecule has 0 aliphatic carbocycles. The van der Waals surface area contributed by atoms with Crippen molar-refractivity contribution >= 4 is 10.0 Å². The van der Waals surface area contributed by atoms with Gasteiger partial charge in [0, 0.05) is 6.54 Å². The van der Waals surface area contributed by atoms with Crippen molar-refractivity contribution in [1.82, 2.24) is 4.47 Å². The highest BCUT2D eigenvalue weighted by atomic mass is 32.2. The van der Waals surface area contributed by atoms with Crippen LogP contribution in [0, 0.1) is 0 Å². The van der Waals surface area contributed by atoms with E-state index in [-0.39, 0.29) is 0 Å². The fourth-order valence-corrected chi connectivity index (χ4v) is 1.36. The van der Waals surface area contributed by atoms with Crippen LogP contribution in [-0.2, 0) is 14.9 Å². The topological polar surface area (TPSA) is 46.6 Å². The van der Waals surface area contributed by atoms with Crippen LogP contribution in [-0.4, -0.2) is 32.8 Å². The van der Waals surface area contributed by atoms with Crippen molar-refractivity contribution in [2.24, 2.45) is 0 Å². The Morgan fingerprint density at radius 1 is 1.50 bits per heavy atom. The van der Waals surface area contributed by atoms with E-state index in [0.717, 1.165) is 17.1 Å². The minimum absolute atomic E-state index is 0.412. The number of rotatable bonds is 4. The molecule has 10 heavy (non-hydrogen) atoms. The van der Waals surface area contributed by atoms with Gasteiger partial charge in [0.1, 0.15) is 0 Å². The van der Waals surface area contributed by atoms with Crippen molar-refractivity contribution in [3.63, 3.8) is 0 Å². The zero-order valence-corrected chi connectivity index (χ0v) is 7.31. The predicted octanol–water partition coefficient (Wildman–Crippen LogP) is 0.219. The molecule has 0 fully saturated rings. The van der Waals surface area contributed by atoms with Crippen LogP contribution in [0.3, 0.4) is 0 Å². The number of hydroxylamine groups is 1. The molecule has 0 N–H and O–H groups in total. The first-order valence-electron chi connectivity index (χ1n) is 3.04. The van der Waals surface area contributed by atoms with E-state index < -0.39 is 10.0 Å². The standard InChI is InChI=1S/C5H13NO3S/c1-4-5-6(9-2)10(3,7)8/h4-5H2,1-3H3. The van der Waals surface area contributed by atoms with Crippen molar-refractivity contribution in [1.29, 1.82) is 0 Å². The van der Waals surface area contributed by atoms with Crippen LogP contribution >= 0.6 is 0 Å². The molecular weight excluding hydrogens is 154 g/mol. The lowest BCUT2D eigenvalue weighted by Gasteiger charge is -2.14. The summed E-state index contributed by atoms with van der Waals surface area (Å²) in [6.45, 7) is 2.30. The van der Waals surface area contributed by atoms with Crippen molar-refractivity contribution < 1.29 is 13.3 Å². The molecule has 0 aromatic carbocycles. The summed E-state index contributed by atoms with van der Waals surface area (Å²) in [5.74, 6) is 0. The van der Waals surface area contributed by atoms with Crippen LogP contribution < -0.4 is 0 Å². The average molecular weight is 167 g/mol. The van der Waals surface area contributed by atoms with Crippen molar-refractivity contribution in [3.05, 3.63) is 0 Å². The molecule has 4 nitrogen and oxygen atoms in total. The fourth-order valence-electron chi connectivity index (χ4n) is 0.575.